The average molecular weight is 279 g/mol. The van der Waals surface area contributed by atoms with Gasteiger partial charge in [-0.2, -0.15) is 0 Å². The highest BCUT2D eigenvalue weighted by Gasteiger charge is 2.40. The second kappa shape index (κ2) is 6.44. The van der Waals surface area contributed by atoms with Crippen molar-refractivity contribution in [2.75, 3.05) is 39.3 Å². The Morgan fingerprint density at radius 1 is 1.10 bits per heavy atom. The number of rotatable bonds is 4. The van der Waals surface area contributed by atoms with Crippen molar-refractivity contribution in [1.82, 2.24) is 9.80 Å². The van der Waals surface area contributed by atoms with E-state index < -0.39 is 0 Å². The van der Waals surface area contributed by atoms with Crippen molar-refractivity contribution in [3.05, 3.63) is 0 Å². The maximum Gasteiger partial charge on any atom is 0.222 e. The first-order chi connectivity index (χ1) is 9.76. The van der Waals surface area contributed by atoms with Gasteiger partial charge in [-0.25, -0.2) is 0 Å². The number of nitrogens with zero attached hydrogens (tertiary/aromatic N) is 2. The number of fused-ring (bicyclic) bond motifs is 2. The summed E-state index contributed by atoms with van der Waals surface area (Å²) in [6.07, 6.45) is 7.45. The first-order valence-electron chi connectivity index (χ1n) is 8.46. The molecule has 3 fully saturated rings. The molecule has 1 amide bonds. The lowest BCUT2D eigenvalue weighted by Crippen LogP contribution is -2.37. The summed E-state index contributed by atoms with van der Waals surface area (Å²) in [7, 11) is 0. The molecular weight excluding hydrogens is 250 g/mol. The van der Waals surface area contributed by atoms with Crippen LogP contribution in [0.25, 0.3) is 0 Å². The Morgan fingerprint density at radius 2 is 2.00 bits per heavy atom. The van der Waals surface area contributed by atoms with Crippen molar-refractivity contribution in [2.45, 2.75) is 38.5 Å². The molecule has 2 aliphatic carbocycles. The van der Waals surface area contributed by atoms with Crippen molar-refractivity contribution in [1.29, 1.82) is 0 Å². The van der Waals surface area contributed by atoms with E-state index in [2.05, 4.69) is 9.80 Å². The maximum absolute atomic E-state index is 12.5. The first-order valence-corrected chi connectivity index (χ1v) is 8.46. The zero-order valence-corrected chi connectivity index (χ0v) is 12.6. The molecule has 1 saturated heterocycles. The predicted molar refractivity (Wildman–Crippen MR) is 80.2 cm³/mol. The molecule has 114 valence electrons. The molecule has 0 aromatic heterocycles. The summed E-state index contributed by atoms with van der Waals surface area (Å²) in [5.41, 5.74) is 5.63. The van der Waals surface area contributed by atoms with Gasteiger partial charge in [0, 0.05) is 39.1 Å². The van der Waals surface area contributed by atoms with Gasteiger partial charge in [0.15, 0.2) is 0 Å². The Kier molecular flexibility index (Phi) is 4.61. The fraction of sp³-hybridized carbons (Fsp3) is 0.938. The highest BCUT2D eigenvalue weighted by molar-refractivity contribution is 5.76. The second-order valence-electron chi connectivity index (χ2n) is 7.00. The molecule has 1 heterocycles. The smallest absolute Gasteiger partial charge is 0.222 e. The molecular formula is C16H29N3O. The quantitative estimate of drug-likeness (QED) is 0.844. The summed E-state index contributed by atoms with van der Waals surface area (Å²) in [5, 5.41) is 0. The van der Waals surface area contributed by atoms with Crippen molar-refractivity contribution >= 4 is 5.91 Å². The summed E-state index contributed by atoms with van der Waals surface area (Å²) < 4.78 is 0. The molecule has 0 spiro atoms. The minimum atomic E-state index is 0.414. The van der Waals surface area contributed by atoms with E-state index in [0.717, 1.165) is 63.9 Å². The molecule has 1 aliphatic heterocycles. The predicted octanol–water partition coefficient (Wildman–Crippen LogP) is 1.31. The van der Waals surface area contributed by atoms with Gasteiger partial charge in [0.2, 0.25) is 5.91 Å². The van der Waals surface area contributed by atoms with Gasteiger partial charge in [0.25, 0.3) is 0 Å². The number of hydrogen-bond donors (Lipinski definition) is 1. The van der Waals surface area contributed by atoms with Crippen molar-refractivity contribution in [3.8, 4) is 0 Å². The highest BCUT2D eigenvalue weighted by Crippen LogP contribution is 2.49. The molecule has 0 aromatic carbocycles. The first kappa shape index (κ1) is 14.3. The summed E-state index contributed by atoms with van der Waals surface area (Å²) in [6, 6.07) is 0. The van der Waals surface area contributed by atoms with Crippen LogP contribution in [0.1, 0.15) is 38.5 Å². The molecule has 4 heteroatoms. The van der Waals surface area contributed by atoms with E-state index in [1.807, 2.05) is 0 Å². The van der Waals surface area contributed by atoms with Gasteiger partial charge in [-0.05, 0) is 50.0 Å². The van der Waals surface area contributed by atoms with E-state index in [0.29, 0.717) is 11.8 Å². The number of carbonyl (C=O) groups excluding carboxylic acids is 1. The van der Waals surface area contributed by atoms with Crippen molar-refractivity contribution < 1.29 is 4.79 Å². The number of amides is 1. The van der Waals surface area contributed by atoms with E-state index in [1.54, 1.807) is 0 Å². The van der Waals surface area contributed by atoms with Gasteiger partial charge in [-0.1, -0.05) is 6.42 Å². The zero-order chi connectivity index (χ0) is 13.9. The van der Waals surface area contributed by atoms with E-state index in [4.69, 9.17) is 5.73 Å². The Bertz CT molecular complexity index is 347. The minimum Gasteiger partial charge on any atom is -0.341 e. The van der Waals surface area contributed by atoms with E-state index in [-0.39, 0.29) is 0 Å². The molecule has 2 N–H and O–H groups in total. The average Bonchev–Trinajstić information content (AvgIpc) is 2.96. The van der Waals surface area contributed by atoms with E-state index in [9.17, 15) is 4.79 Å². The van der Waals surface area contributed by atoms with Crippen LogP contribution in [-0.2, 0) is 4.79 Å². The molecule has 3 rings (SSSR count). The lowest BCUT2D eigenvalue weighted by atomic mass is 9.86. The number of hydrogen-bond acceptors (Lipinski definition) is 3. The largest absolute Gasteiger partial charge is 0.341 e. The van der Waals surface area contributed by atoms with Gasteiger partial charge < -0.3 is 15.5 Å². The third-order valence-electron chi connectivity index (χ3n) is 5.71. The Hall–Kier alpha value is -0.610. The number of carbonyl (C=O) groups is 1. The molecule has 3 atom stereocenters. The van der Waals surface area contributed by atoms with Crippen LogP contribution >= 0.6 is 0 Å². The molecule has 4 nitrogen and oxygen atoms in total. The standard InChI is InChI=1S/C16H29N3O/c17-4-7-18-5-1-6-19(9-8-18)16(20)12-15-11-13-2-3-14(15)10-13/h13-15H,1-12,17H2. The minimum absolute atomic E-state index is 0.414. The molecule has 2 saturated carbocycles. The monoisotopic (exact) mass is 279 g/mol. The molecule has 0 radical (unpaired) electrons. The SMILES string of the molecule is NCCN1CCCN(C(=O)CC2CC3CCC2C3)CC1. The van der Waals surface area contributed by atoms with Gasteiger partial charge >= 0.3 is 0 Å². The van der Waals surface area contributed by atoms with Crippen LogP contribution in [0, 0.1) is 17.8 Å². The molecule has 2 bridgehead atoms. The highest BCUT2D eigenvalue weighted by atomic mass is 16.2. The second-order valence-corrected chi connectivity index (χ2v) is 7.00. The Labute approximate surface area is 122 Å². The van der Waals surface area contributed by atoms with Crippen LogP contribution in [0.5, 0.6) is 0 Å². The van der Waals surface area contributed by atoms with Gasteiger partial charge in [-0.15, -0.1) is 0 Å². The number of nitrogens with two attached hydrogens (primary N) is 1. The third kappa shape index (κ3) is 3.17. The van der Waals surface area contributed by atoms with Crippen LogP contribution < -0.4 is 5.73 Å². The lowest BCUT2D eigenvalue weighted by Gasteiger charge is -2.26. The zero-order valence-electron chi connectivity index (χ0n) is 12.6. The Morgan fingerprint density at radius 3 is 2.70 bits per heavy atom. The molecule has 3 unspecified atom stereocenters. The van der Waals surface area contributed by atoms with E-state index in [1.165, 1.54) is 25.7 Å². The molecule has 0 aromatic rings. The van der Waals surface area contributed by atoms with Gasteiger partial charge in [0.05, 0.1) is 0 Å². The normalized spacial score (nSPS) is 34.5. The van der Waals surface area contributed by atoms with Crippen molar-refractivity contribution in [3.63, 3.8) is 0 Å². The summed E-state index contributed by atoms with van der Waals surface area (Å²) in [4.78, 5) is 17.0. The molecule has 3 aliphatic rings. The van der Waals surface area contributed by atoms with Gasteiger partial charge in [0.1, 0.15) is 0 Å². The van der Waals surface area contributed by atoms with Crippen LogP contribution in [0.2, 0.25) is 0 Å². The summed E-state index contributed by atoms with van der Waals surface area (Å²) in [6.45, 7) is 5.63. The fourth-order valence-corrected chi connectivity index (χ4v) is 4.61. The summed E-state index contributed by atoms with van der Waals surface area (Å²) >= 11 is 0. The van der Waals surface area contributed by atoms with Crippen LogP contribution in [-0.4, -0.2) is 55.0 Å². The van der Waals surface area contributed by atoms with Gasteiger partial charge in [-0.3, -0.25) is 4.79 Å². The van der Waals surface area contributed by atoms with Crippen molar-refractivity contribution in [2.24, 2.45) is 23.5 Å². The Balaban J connectivity index is 1.47. The lowest BCUT2D eigenvalue weighted by molar-refractivity contribution is -0.132. The van der Waals surface area contributed by atoms with Crippen LogP contribution in [0.15, 0.2) is 0 Å². The topological polar surface area (TPSA) is 49.6 Å². The summed E-state index contributed by atoms with van der Waals surface area (Å²) in [5.74, 6) is 2.92. The third-order valence-corrected chi connectivity index (χ3v) is 5.71. The van der Waals surface area contributed by atoms with Crippen LogP contribution in [0.3, 0.4) is 0 Å². The maximum atomic E-state index is 12.5. The fourth-order valence-electron chi connectivity index (χ4n) is 4.61. The molecule has 20 heavy (non-hydrogen) atoms. The van der Waals surface area contributed by atoms with E-state index >= 15 is 0 Å². The van der Waals surface area contributed by atoms with Crippen LogP contribution in [0.4, 0.5) is 0 Å².